The highest BCUT2D eigenvalue weighted by molar-refractivity contribution is 7.99. The average Bonchev–Trinajstić information content (AvgIpc) is 3.31. The standard InChI is InChI=1S/C18H18F3N3OS/c19-18(20,21)15-7-8-16(24-15)26-12-4-1-10(2-5-12)17(25)23-14-9-11-3-6-13(14)22-11/h1-2,4-5,7-8,11,13-14,22,24H,3,6,9H2,(H,23,25)/t11-,13+,14-/m1/s1. The largest absolute Gasteiger partial charge is 0.431 e. The second-order valence-corrected chi connectivity index (χ2v) is 7.84. The molecule has 4 nitrogen and oxygen atoms in total. The lowest BCUT2D eigenvalue weighted by atomic mass is 9.95. The molecule has 2 saturated heterocycles. The number of rotatable bonds is 4. The number of hydrogen-bond acceptors (Lipinski definition) is 3. The topological polar surface area (TPSA) is 56.9 Å². The maximum atomic E-state index is 12.6. The van der Waals surface area contributed by atoms with Crippen molar-refractivity contribution in [2.75, 3.05) is 0 Å². The Morgan fingerprint density at radius 3 is 2.46 bits per heavy atom. The van der Waals surface area contributed by atoms with Crippen LogP contribution in [0.1, 0.15) is 35.3 Å². The second-order valence-electron chi connectivity index (χ2n) is 6.72. The van der Waals surface area contributed by atoms with Crippen molar-refractivity contribution in [1.82, 2.24) is 15.6 Å². The fourth-order valence-electron chi connectivity index (χ4n) is 3.64. The first-order chi connectivity index (χ1) is 12.4. The minimum Gasteiger partial charge on any atom is -0.348 e. The summed E-state index contributed by atoms with van der Waals surface area (Å²) in [5, 5.41) is 6.96. The fourth-order valence-corrected chi connectivity index (χ4v) is 4.46. The molecule has 0 saturated carbocycles. The third kappa shape index (κ3) is 3.61. The molecule has 4 rings (SSSR count). The zero-order valence-electron chi connectivity index (χ0n) is 13.8. The van der Waals surface area contributed by atoms with E-state index in [4.69, 9.17) is 0 Å². The van der Waals surface area contributed by atoms with Crippen LogP contribution in [0, 0.1) is 0 Å². The Morgan fingerprint density at radius 1 is 1.12 bits per heavy atom. The van der Waals surface area contributed by atoms with Crippen LogP contribution in [0.25, 0.3) is 0 Å². The van der Waals surface area contributed by atoms with Gasteiger partial charge in [0.05, 0.1) is 5.03 Å². The van der Waals surface area contributed by atoms with Crippen molar-refractivity contribution < 1.29 is 18.0 Å². The van der Waals surface area contributed by atoms with Crippen LogP contribution >= 0.6 is 11.8 Å². The molecule has 0 radical (unpaired) electrons. The Morgan fingerprint density at radius 2 is 1.88 bits per heavy atom. The summed E-state index contributed by atoms with van der Waals surface area (Å²) in [6.07, 6.45) is -1.13. The van der Waals surface area contributed by atoms with Crippen LogP contribution in [0.5, 0.6) is 0 Å². The van der Waals surface area contributed by atoms with Crippen molar-refractivity contribution in [3.05, 3.63) is 47.7 Å². The minimum atomic E-state index is -4.38. The number of hydrogen-bond donors (Lipinski definition) is 3. The highest BCUT2D eigenvalue weighted by Crippen LogP contribution is 2.33. The van der Waals surface area contributed by atoms with Crippen molar-refractivity contribution in [1.29, 1.82) is 0 Å². The van der Waals surface area contributed by atoms with Crippen LogP contribution in [-0.2, 0) is 6.18 Å². The smallest absolute Gasteiger partial charge is 0.348 e. The van der Waals surface area contributed by atoms with Crippen molar-refractivity contribution >= 4 is 17.7 Å². The second kappa shape index (κ2) is 6.66. The molecule has 2 bridgehead atoms. The van der Waals surface area contributed by atoms with Crippen molar-refractivity contribution in [2.24, 2.45) is 0 Å². The van der Waals surface area contributed by atoms with Gasteiger partial charge in [-0.2, -0.15) is 13.2 Å². The molecule has 138 valence electrons. The molecule has 0 unspecified atom stereocenters. The van der Waals surface area contributed by atoms with E-state index in [1.54, 1.807) is 24.3 Å². The molecule has 3 heterocycles. The van der Waals surface area contributed by atoms with E-state index in [2.05, 4.69) is 15.6 Å². The quantitative estimate of drug-likeness (QED) is 0.755. The molecule has 3 atom stereocenters. The number of aromatic amines is 1. The Hall–Kier alpha value is -1.93. The molecule has 1 aromatic carbocycles. The predicted molar refractivity (Wildman–Crippen MR) is 92.2 cm³/mol. The third-order valence-corrected chi connectivity index (χ3v) is 5.89. The molecule has 2 aliphatic heterocycles. The molecule has 8 heteroatoms. The van der Waals surface area contributed by atoms with Gasteiger partial charge in [-0.25, -0.2) is 0 Å². The number of benzene rings is 1. The lowest BCUT2D eigenvalue weighted by Gasteiger charge is -2.21. The predicted octanol–water partition coefficient (Wildman–Crippen LogP) is 3.81. The first kappa shape index (κ1) is 17.5. The highest BCUT2D eigenvalue weighted by atomic mass is 32.2. The maximum absolute atomic E-state index is 12.6. The normalized spacial score (nSPS) is 24.8. The summed E-state index contributed by atoms with van der Waals surface area (Å²) in [4.78, 5) is 15.5. The van der Waals surface area contributed by atoms with Crippen LogP contribution in [0.2, 0.25) is 0 Å². The maximum Gasteiger partial charge on any atom is 0.431 e. The van der Waals surface area contributed by atoms with Crippen LogP contribution in [0.3, 0.4) is 0 Å². The van der Waals surface area contributed by atoms with Gasteiger partial charge in [-0.15, -0.1) is 0 Å². The number of H-pyrrole nitrogens is 1. The Balaban J connectivity index is 1.37. The van der Waals surface area contributed by atoms with Crippen LogP contribution in [-0.4, -0.2) is 29.0 Å². The van der Waals surface area contributed by atoms with E-state index >= 15 is 0 Å². The van der Waals surface area contributed by atoms with Gasteiger partial charge in [0.1, 0.15) is 5.69 Å². The molecule has 26 heavy (non-hydrogen) atoms. The van der Waals surface area contributed by atoms with E-state index < -0.39 is 11.9 Å². The summed E-state index contributed by atoms with van der Waals surface area (Å²) in [6.45, 7) is 0. The van der Waals surface area contributed by atoms with Gasteiger partial charge in [0.2, 0.25) is 0 Å². The van der Waals surface area contributed by atoms with Gasteiger partial charge in [-0.1, -0.05) is 11.8 Å². The number of halogens is 3. The Labute approximate surface area is 152 Å². The van der Waals surface area contributed by atoms with Crippen LogP contribution < -0.4 is 10.6 Å². The Bertz CT molecular complexity index is 803. The zero-order chi connectivity index (χ0) is 18.3. The summed E-state index contributed by atoms with van der Waals surface area (Å²) in [6, 6.07) is 10.4. The first-order valence-electron chi connectivity index (χ1n) is 8.49. The summed E-state index contributed by atoms with van der Waals surface area (Å²) >= 11 is 1.19. The van der Waals surface area contributed by atoms with Gasteiger partial charge in [-0.05, 0) is 55.7 Å². The van der Waals surface area contributed by atoms with E-state index in [1.807, 2.05) is 0 Å². The lowest BCUT2D eigenvalue weighted by molar-refractivity contribution is -0.141. The molecule has 0 aliphatic carbocycles. The van der Waals surface area contributed by atoms with Crippen molar-refractivity contribution in [2.45, 2.75) is 53.5 Å². The summed E-state index contributed by atoms with van der Waals surface area (Å²) < 4.78 is 37.8. The van der Waals surface area contributed by atoms with E-state index in [-0.39, 0.29) is 11.9 Å². The number of alkyl halides is 3. The van der Waals surface area contributed by atoms with Gasteiger partial charge in [0.25, 0.3) is 5.91 Å². The van der Waals surface area contributed by atoms with Gasteiger partial charge in [-0.3, -0.25) is 4.79 Å². The molecular weight excluding hydrogens is 363 g/mol. The van der Waals surface area contributed by atoms with Gasteiger partial charge >= 0.3 is 6.18 Å². The molecule has 2 aliphatic rings. The monoisotopic (exact) mass is 381 g/mol. The molecule has 3 N–H and O–H groups in total. The SMILES string of the molecule is O=C(N[C@@H]1C[C@H]2CC[C@@H]1N2)c1ccc(Sc2ccc(C(F)(F)F)[nH]2)cc1. The van der Waals surface area contributed by atoms with Gasteiger partial charge in [0.15, 0.2) is 0 Å². The number of fused-ring (bicyclic) bond motifs is 2. The average molecular weight is 381 g/mol. The number of carbonyl (C=O) groups excluding carboxylic acids is 1. The van der Waals surface area contributed by atoms with Crippen LogP contribution in [0.15, 0.2) is 46.3 Å². The Kier molecular flexibility index (Phi) is 4.48. The van der Waals surface area contributed by atoms with E-state index in [1.165, 1.54) is 24.2 Å². The molecule has 1 amide bonds. The van der Waals surface area contributed by atoms with E-state index in [9.17, 15) is 18.0 Å². The summed E-state index contributed by atoms with van der Waals surface area (Å²) in [5.41, 5.74) is -0.213. The highest BCUT2D eigenvalue weighted by Gasteiger charge is 2.39. The van der Waals surface area contributed by atoms with E-state index in [0.29, 0.717) is 22.7 Å². The summed E-state index contributed by atoms with van der Waals surface area (Å²) in [7, 11) is 0. The zero-order valence-corrected chi connectivity index (χ0v) is 14.6. The van der Waals surface area contributed by atoms with Crippen LogP contribution in [0.4, 0.5) is 13.2 Å². The fraction of sp³-hybridized carbons (Fsp3) is 0.389. The van der Waals surface area contributed by atoms with E-state index in [0.717, 1.165) is 23.8 Å². The van der Waals surface area contributed by atoms with Gasteiger partial charge in [0, 0.05) is 28.6 Å². The minimum absolute atomic E-state index is 0.111. The molecule has 1 aromatic heterocycles. The molecule has 2 fully saturated rings. The number of nitrogens with one attached hydrogen (secondary N) is 3. The number of aromatic nitrogens is 1. The summed E-state index contributed by atoms with van der Waals surface area (Å²) in [5.74, 6) is -0.111. The molecule has 0 spiro atoms. The lowest BCUT2D eigenvalue weighted by Crippen LogP contribution is -2.42. The number of carbonyl (C=O) groups is 1. The third-order valence-electron chi connectivity index (χ3n) is 4.93. The molecular formula is C18H18F3N3OS. The van der Waals surface area contributed by atoms with Gasteiger partial charge < -0.3 is 15.6 Å². The van der Waals surface area contributed by atoms with Crippen molar-refractivity contribution in [3.8, 4) is 0 Å². The first-order valence-corrected chi connectivity index (χ1v) is 9.31. The molecule has 2 aromatic rings. The number of amides is 1. The van der Waals surface area contributed by atoms with Crippen molar-refractivity contribution in [3.63, 3.8) is 0 Å².